The van der Waals surface area contributed by atoms with Crippen LogP contribution in [0.1, 0.15) is 23.2 Å². The molecule has 0 unspecified atom stereocenters. The van der Waals surface area contributed by atoms with Crippen LogP contribution in [0.25, 0.3) is 10.9 Å². The van der Waals surface area contributed by atoms with Crippen molar-refractivity contribution in [3.63, 3.8) is 0 Å². The van der Waals surface area contributed by atoms with E-state index in [9.17, 15) is 4.39 Å². The number of hydrogen-bond acceptors (Lipinski definition) is 2. The minimum absolute atomic E-state index is 0.248. The van der Waals surface area contributed by atoms with Gasteiger partial charge in [0, 0.05) is 17.6 Å². The molecule has 2 aromatic rings. The van der Waals surface area contributed by atoms with Crippen LogP contribution >= 0.6 is 0 Å². The van der Waals surface area contributed by atoms with E-state index in [1.54, 1.807) is 6.07 Å². The molecule has 2 N–H and O–H groups in total. The van der Waals surface area contributed by atoms with Crippen molar-refractivity contribution in [1.29, 1.82) is 0 Å². The van der Waals surface area contributed by atoms with Crippen LogP contribution in [0, 0.1) is 5.82 Å². The molecule has 0 aliphatic heterocycles. The Labute approximate surface area is 93.3 Å². The van der Waals surface area contributed by atoms with Gasteiger partial charge in [0.2, 0.25) is 0 Å². The second-order valence-electron chi connectivity index (χ2n) is 4.21. The lowest BCUT2D eigenvalue weighted by Gasteiger charge is -2.10. The van der Waals surface area contributed by atoms with Gasteiger partial charge in [0.1, 0.15) is 11.3 Å². The van der Waals surface area contributed by atoms with Crippen LogP contribution in [0.15, 0.2) is 18.2 Å². The van der Waals surface area contributed by atoms with Crippen molar-refractivity contribution in [3.8, 4) is 0 Å². The Kier molecular flexibility index (Phi) is 2.14. The van der Waals surface area contributed by atoms with E-state index < -0.39 is 0 Å². The predicted octanol–water partition coefficient (Wildman–Crippen LogP) is 2.32. The highest BCUT2D eigenvalue weighted by atomic mass is 19.1. The van der Waals surface area contributed by atoms with Crippen molar-refractivity contribution < 1.29 is 4.39 Å². The Balaban J connectivity index is 2.44. The fraction of sp³-hybridized carbons (Fsp3) is 0.308. The van der Waals surface area contributed by atoms with Crippen molar-refractivity contribution in [1.82, 2.24) is 4.98 Å². The summed E-state index contributed by atoms with van der Waals surface area (Å²) >= 11 is 0. The van der Waals surface area contributed by atoms with E-state index in [0.717, 1.165) is 35.9 Å². The maximum Gasteiger partial charge on any atom is 0.149 e. The second-order valence-corrected chi connectivity index (χ2v) is 4.21. The molecule has 0 fully saturated rings. The van der Waals surface area contributed by atoms with Crippen molar-refractivity contribution in [2.24, 2.45) is 5.73 Å². The Morgan fingerprint density at radius 2 is 2.19 bits per heavy atom. The minimum Gasteiger partial charge on any atom is -0.326 e. The second kappa shape index (κ2) is 3.52. The first-order valence-electron chi connectivity index (χ1n) is 5.60. The van der Waals surface area contributed by atoms with Crippen LogP contribution in [0.2, 0.25) is 0 Å². The normalized spacial score (nSPS) is 14.4. The van der Waals surface area contributed by atoms with Crippen molar-refractivity contribution in [2.75, 3.05) is 0 Å². The minimum atomic E-state index is -0.248. The predicted molar refractivity (Wildman–Crippen MR) is 61.6 cm³/mol. The number of aromatic nitrogens is 1. The molecule has 1 aromatic heterocycles. The number of halogens is 1. The first kappa shape index (κ1) is 9.73. The number of benzene rings is 1. The van der Waals surface area contributed by atoms with E-state index in [2.05, 4.69) is 4.98 Å². The zero-order valence-electron chi connectivity index (χ0n) is 8.96. The summed E-state index contributed by atoms with van der Waals surface area (Å²) < 4.78 is 13.7. The van der Waals surface area contributed by atoms with E-state index in [-0.39, 0.29) is 5.82 Å². The summed E-state index contributed by atoms with van der Waals surface area (Å²) in [7, 11) is 0. The van der Waals surface area contributed by atoms with Crippen molar-refractivity contribution in [3.05, 3.63) is 40.8 Å². The molecule has 0 saturated heterocycles. The molecule has 0 spiro atoms. The number of para-hydroxylation sites is 1. The molecule has 0 amide bonds. The summed E-state index contributed by atoms with van der Waals surface area (Å²) in [6, 6.07) is 5.09. The molecule has 0 saturated carbocycles. The Morgan fingerprint density at radius 1 is 1.31 bits per heavy atom. The van der Waals surface area contributed by atoms with E-state index >= 15 is 0 Å². The summed E-state index contributed by atoms with van der Waals surface area (Å²) in [6.07, 6.45) is 3.08. The SMILES string of the molecule is NCc1c2c(nc3c(F)cccc13)CCC2. The fourth-order valence-corrected chi connectivity index (χ4v) is 2.58. The van der Waals surface area contributed by atoms with Crippen LogP contribution in [0.3, 0.4) is 0 Å². The number of hydrogen-bond donors (Lipinski definition) is 1. The molecule has 1 aliphatic carbocycles. The zero-order chi connectivity index (χ0) is 11.1. The molecule has 3 heteroatoms. The number of nitrogens with zero attached hydrogens (tertiary/aromatic N) is 1. The highest BCUT2D eigenvalue weighted by Gasteiger charge is 2.19. The Morgan fingerprint density at radius 3 is 3.00 bits per heavy atom. The molecule has 16 heavy (non-hydrogen) atoms. The number of aryl methyl sites for hydroxylation is 1. The molecule has 82 valence electrons. The van der Waals surface area contributed by atoms with Crippen LogP contribution < -0.4 is 5.73 Å². The van der Waals surface area contributed by atoms with Gasteiger partial charge in [-0.05, 0) is 36.5 Å². The molecule has 0 radical (unpaired) electrons. The van der Waals surface area contributed by atoms with Crippen LogP contribution in [-0.2, 0) is 19.4 Å². The van der Waals surface area contributed by atoms with Gasteiger partial charge in [0.15, 0.2) is 0 Å². The van der Waals surface area contributed by atoms with Gasteiger partial charge in [0.05, 0.1) is 0 Å². The molecule has 1 aliphatic rings. The molecule has 1 heterocycles. The number of nitrogens with two attached hydrogens (primary N) is 1. The van der Waals surface area contributed by atoms with Crippen LogP contribution in [0.4, 0.5) is 4.39 Å². The molecule has 2 nitrogen and oxygen atoms in total. The standard InChI is InChI=1S/C13H13FN2/c14-11-5-1-4-9-10(7-15)8-3-2-6-12(8)16-13(9)11/h1,4-5H,2-3,6-7,15H2. The summed E-state index contributed by atoms with van der Waals surface area (Å²) in [5, 5.41) is 0.878. The van der Waals surface area contributed by atoms with Gasteiger partial charge in [0.25, 0.3) is 0 Å². The molecular weight excluding hydrogens is 203 g/mol. The van der Waals surface area contributed by atoms with Crippen molar-refractivity contribution in [2.45, 2.75) is 25.8 Å². The average Bonchev–Trinajstić information content (AvgIpc) is 2.75. The van der Waals surface area contributed by atoms with E-state index in [1.165, 1.54) is 11.6 Å². The van der Waals surface area contributed by atoms with E-state index in [0.29, 0.717) is 12.1 Å². The van der Waals surface area contributed by atoms with Crippen LogP contribution in [-0.4, -0.2) is 4.98 Å². The highest BCUT2D eigenvalue weighted by molar-refractivity contribution is 5.84. The Bertz CT molecular complexity index is 563. The fourth-order valence-electron chi connectivity index (χ4n) is 2.58. The third-order valence-electron chi connectivity index (χ3n) is 3.32. The van der Waals surface area contributed by atoms with E-state index in [1.807, 2.05) is 6.07 Å². The summed E-state index contributed by atoms with van der Waals surface area (Å²) in [4.78, 5) is 4.43. The van der Waals surface area contributed by atoms with Gasteiger partial charge in [-0.3, -0.25) is 0 Å². The monoisotopic (exact) mass is 216 g/mol. The lowest BCUT2D eigenvalue weighted by atomic mass is 10.0. The maximum absolute atomic E-state index is 13.7. The Hall–Kier alpha value is -1.48. The third-order valence-corrected chi connectivity index (χ3v) is 3.32. The molecular formula is C13H13FN2. The quantitative estimate of drug-likeness (QED) is 0.794. The maximum atomic E-state index is 13.7. The third kappa shape index (κ3) is 1.25. The van der Waals surface area contributed by atoms with Gasteiger partial charge in [-0.2, -0.15) is 0 Å². The molecule has 3 rings (SSSR count). The first-order valence-corrected chi connectivity index (χ1v) is 5.60. The number of pyridine rings is 1. The average molecular weight is 216 g/mol. The van der Waals surface area contributed by atoms with Gasteiger partial charge in [-0.1, -0.05) is 12.1 Å². The van der Waals surface area contributed by atoms with Gasteiger partial charge in [-0.25, -0.2) is 9.37 Å². The lowest BCUT2D eigenvalue weighted by Crippen LogP contribution is -2.05. The summed E-state index contributed by atoms with van der Waals surface area (Å²) in [5.74, 6) is -0.248. The zero-order valence-corrected chi connectivity index (χ0v) is 8.96. The lowest BCUT2D eigenvalue weighted by molar-refractivity contribution is 0.636. The van der Waals surface area contributed by atoms with Gasteiger partial charge < -0.3 is 5.73 Å². The first-order chi connectivity index (χ1) is 7.81. The van der Waals surface area contributed by atoms with Gasteiger partial charge in [-0.15, -0.1) is 0 Å². The molecule has 0 atom stereocenters. The van der Waals surface area contributed by atoms with Crippen molar-refractivity contribution >= 4 is 10.9 Å². The number of rotatable bonds is 1. The molecule has 0 bridgehead atoms. The summed E-state index contributed by atoms with van der Waals surface area (Å²) in [5.41, 5.74) is 9.64. The summed E-state index contributed by atoms with van der Waals surface area (Å²) in [6.45, 7) is 0.463. The smallest absolute Gasteiger partial charge is 0.149 e. The topological polar surface area (TPSA) is 38.9 Å². The van der Waals surface area contributed by atoms with Gasteiger partial charge >= 0.3 is 0 Å². The highest BCUT2D eigenvalue weighted by Crippen LogP contribution is 2.30. The molecule has 1 aromatic carbocycles. The number of fused-ring (bicyclic) bond motifs is 2. The van der Waals surface area contributed by atoms with Crippen LogP contribution in [0.5, 0.6) is 0 Å². The van der Waals surface area contributed by atoms with E-state index in [4.69, 9.17) is 5.73 Å². The largest absolute Gasteiger partial charge is 0.326 e.